The van der Waals surface area contributed by atoms with E-state index in [9.17, 15) is 4.79 Å². The molecular weight excluding hydrogens is 242 g/mol. The van der Waals surface area contributed by atoms with Gasteiger partial charge in [-0.2, -0.15) is 4.98 Å². The second-order valence-electron chi connectivity index (χ2n) is 4.62. The molecule has 0 aliphatic carbocycles. The van der Waals surface area contributed by atoms with Gasteiger partial charge in [0.05, 0.1) is 5.69 Å². The van der Waals surface area contributed by atoms with Crippen molar-refractivity contribution in [2.75, 3.05) is 11.9 Å². The molecule has 1 aromatic carbocycles. The molecule has 2 aromatic rings. The lowest BCUT2D eigenvalue weighted by Gasteiger charge is -2.19. The van der Waals surface area contributed by atoms with Gasteiger partial charge in [0.1, 0.15) is 6.26 Å². The van der Waals surface area contributed by atoms with Crippen LogP contribution in [0.3, 0.4) is 0 Å². The van der Waals surface area contributed by atoms with Gasteiger partial charge in [-0.05, 0) is 37.1 Å². The van der Waals surface area contributed by atoms with Crippen molar-refractivity contribution in [1.82, 2.24) is 10.3 Å². The molecule has 1 aliphatic rings. The highest BCUT2D eigenvalue weighted by atomic mass is 16.4. The standard InChI is InChI=1S/C14H15N3O2/c1-9-8-19-14(16-9)17-13(18)12-4-2-3-10-7-15-6-5-11(10)12/h2-4,8,15H,5-7H2,1H3,(H,16,17,18). The molecule has 0 unspecified atom stereocenters. The molecule has 1 amide bonds. The summed E-state index contributed by atoms with van der Waals surface area (Å²) in [4.78, 5) is 16.3. The smallest absolute Gasteiger partial charge is 0.301 e. The SMILES string of the molecule is Cc1coc(NC(=O)c2cccc3c2CCNC3)n1. The van der Waals surface area contributed by atoms with E-state index in [0.29, 0.717) is 5.56 Å². The van der Waals surface area contributed by atoms with Crippen LogP contribution in [-0.4, -0.2) is 17.4 Å². The highest BCUT2D eigenvalue weighted by Gasteiger charge is 2.18. The molecule has 19 heavy (non-hydrogen) atoms. The summed E-state index contributed by atoms with van der Waals surface area (Å²) in [6, 6.07) is 6.04. The van der Waals surface area contributed by atoms with Crippen molar-refractivity contribution in [3.05, 3.63) is 46.8 Å². The minimum Gasteiger partial charge on any atom is -0.432 e. The number of carbonyl (C=O) groups is 1. The average Bonchev–Trinajstić information content (AvgIpc) is 2.83. The van der Waals surface area contributed by atoms with Crippen LogP contribution in [0.25, 0.3) is 0 Å². The van der Waals surface area contributed by atoms with Crippen LogP contribution in [0.2, 0.25) is 0 Å². The van der Waals surface area contributed by atoms with Gasteiger partial charge in [-0.1, -0.05) is 12.1 Å². The van der Waals surface area contributed by atoms with Crippen LogP contribution in [-0.2, 0) is 13.0 Å². The molecule has 0 saturated carbocycles. The first-order chi connectivity index (χ1) is 9.24. The van der Waals surface area contributed by atoms with E-state index in [1.165, 1.54) is 11.8 Å². The molecule has 3 rings (SSSR count). The number of aromatic nitrogens is 1. The number of benzene rings is 1. The maximum atomic E-state index is 12.3. The van der Waals surface area contributed by atoms with Crippen LogP contribution in [0.1, 0.15) is 27.2 Å². The number of aryl methyl sites for hydroxylation is 1. The number of carbonyl (C=O) groups excluding carboxylic acids is 1. The number of amides is 1. The van der Waals surface area contributed by atoms with Crippen LogP contribution < -0.4 is 10.6 Å². The fraction of sp³-hybridized carbons (Fsp3) is 0.286. The summed E-state index contributed by atoms with van der Waals surface area (Å²) < 4.78 is 5.15. The molecule has 0 fully saturated rings. The Morgan fingerprint density at radius 1 is 1.47 bits per heavy atom. The summed E-state index contributed by atoms with van der Waals surface area (Å²) in [5.41, 5.74) is 3.74. The zero-order valence-electron chi connectivity index (χ0n) is 10.7. The normalized spacial score (nSPS) is 13.9. The molecule has 0 bridgehead atoms. The zero-order chi connectivity index (χ0) is 13.2. The lowest BCUT2D eigenvalue weighted by Crippen LogP contribution is -2.26. The Bertz CT molecular complexity index is 619. The van der Waals surface area contributed by atoms with Gasteiger partial charge in [0, 0.05) is 12.1 Å². The van der Waals surface area contributed by atoms with E-state index in [2.05, 4.69) is 15.6 Å². The van der Waals surface area contributed by atoms with Crippen molar-refractivity contribution in [3.8, 4) is 0 Å². The molecule has 0 spiro atoms. The van der Waals surface area contributed by atoms with Crippen molar-refractivity contribution in [2.45, 2.75) is 19.9 Å². The summed E-state index contributed by atoms with van der Waals surface area (Å²) >= 11 is 0. The van der Waals surface area contributed by atoms with Gasteiger partial charge in [-0.25, -0.2) is 0 Å². The van der Waals surface area contributed by atoms with E-state index in [-0.39, 0.29) is 11.9 Å². The Balaban J connectivity index is 1.87. The Kier molecular flexibility index (Phi) is 3.05. The Hall–Kier alpha value is -2.14. The first-order valence-electron chi connectivity index (χ1n) is 6.29. The van der Waals surface area contributed by atoms with E-state index in [1.807, 2.05) is 25.1 Å². The number of oxazole rings is 1. The van der Waals surface area contributed by atoms with Crippen molar-refractivity contribution >= 4 is 11.9 Å². The van der Waals surface area contributed by atoms with Gasteiger partial charge in [0.25, 0.3) is 5.91 Å². The maximum Gasteiger partial charge on any atom is 0.301 e. The second kappa shape index (κ2) is 4.85. The Morgan fingerprint density at radius 3 is 3.16 bits per heavy atom. The average molecular weight is 257 g/mol. The topological polar surface area (TPSA) is 67.2 Å². The zero-order valence-corrected chi connectivity index (χ0v) is 10.7. The molecule has 1 aliphatic heterocycles. The minimum atomic E-state index is -0.166. The summed E-state index contributed by atoms with van der Waals surface area (Å²) in [5, 5.41) is 5.99. The minimum absolute atomic E-state index is 0.166. The monoisotopic (exact) mass is 257 g/mol. The number of hydrogen-bond acceptors (Lipinski definition) is 4. The Morgan fingerprint density at radius 2 is 2.37 bits per heavy atom. The third kappa shape index (κ3) is 2.37. The van der Waals surface area contributed by atoms with E-state index in [0.717, 1.165) is 30.8 Å². The molecule has 2 N–H and O–H groups in total. The molecule has 0 atom stereocenters. The number of fused-ring (bicyclic) bond motifs is 1. The van der Waals surface area contributed by atoms with Crippen LogP contribution in [0.15, 0.2) is 28.9 Å². The molecular formula is C14H15N3O2. The number of nitrogens with zero attached hydrogens (tertiary/aromatic N) is 1. The van der Waals surface area contributed by atoms with Crippen molar-refractivity contribution < 1.29 is 9.21 Å². The maximum absolute atomic E-state index is 12.3. The summed E-state index contributed by atoms with van der Waals surface area (Å²) in [7, 11) is 0. The number of rotatable bonds is 2. The van der Waals surface area contributed by atoms with Crippen molar-refractivity contribution in [3.63, 3.8) is 0 Å². The van der Waals surface area contributed by atoms with Gasteiger partial charge < -0.3 is 9.73 Å². The molecule has 1 aromatic heterocycles. The predicted molar refractivity (Wildman–Crippen MR) is 71.0 cm³/mol. The van der Waals surface area contributed by atoms with Crippen LogP contribution >= 0.6 is 0 Å². The highest BCUT2D eigenvalue weighted by Crippen LogP contribution is 2.20. The van der Waals surface area contributed by atoms with Gasteiger partial charge in [0.15, 0.2) is 0 Å². The van der Waals surface area contributed by atoms with E-state index >= 15 is 0 Å². The second-order valence-corrected chi connectivity index (χ2v) is 4.62. The fourth-order valence-electron chi connectivity index (χ4n) is 2.32. The summed E-state index contributed by atoms with van der Waals surface area (Å²) in [5.74, 6) is -0.166. The lowest BCUT2D eigenvalue weighted by molar-refractivity contribution is 0.102. The fourth-order valence-corrected chi connectivity index (χ4v) is 2.32. The van der Waals surface area contributed by atoms with Gasteiger partial charge >= 0.3 is 6.01 Å². The van der Waals surface area contributed by atoms with E-state index in [4.69, 9.17) is 4.42 Å². The quantitative estimate of drug-likeness (QED) is 0.862. The molecule has 0 saturated heterocycles. The van der Waals surface area contributed by atoms with Gasteiger partial charge in [-0.3, -0.25) is 10.1 Å². The molecule has 0 radical (unpaired) electrons. The molecule has 5 nitrogen and oxygen atoms in total. The predicted octanol–water partition coefficient (Wildman–Crippen LogP) is 1.88. The first-order valence-corrected chi connectivity index (χ1v) is 6.29. The lowest BCUT2D eigenvalue weighted by atomic mass is 9.95. The molecule has 5 heteroatoms. The number of nitrogens with one attached hydrogen (secondary N) is 2. The van der Waals surface area contributed by atoms with Gasteiger partial charge in [-0.15, -0.1) is 0 Å². The third-order valence-electron chi connectivity index (χ3n) is 3.22. The Labute approximate surface area is 111 Å². The largest absolute Gasteiger partial charge is 0.432 e. The van der Waals surface area contributed by atoms with E-state index < -0.39 is 0 Å². The van der Waals surface area contributed by atoms with Gasteiger partial charge in [0.2, 0.25) is 0 Å². The highest BCUT2D eigenvalue weighted by molar-refractivity contribution is 6.04. The van der Waals surface area contributed by atoms with Crippen LogP contribution in [0.5, 0.6) is 0 Å². The number of hydrogen-bond donors (Lipinski definition) is 2. The van der Waals surface area contributed by atoms with Crippen LogP contribution in [0.4, 0.5) is 6.01 Å². The number of anilines is 1. The van der Waals surface area contributed by atoms with E-state index in [1.54, 1.807) is 0 Å². The van der Waals surface area contributed by atoms with Crippen molar-refractivity contribution in [2.24, 2.45) is 0 Å². The molecule has 98 valence electrons. The molecule has 2 heterocycles. The third-order valence-corrected chi connectivity index (χ3v) is 3.22. The first kappa shape index (κ1) is 11.9. The summed E-state index contributed by atoms with van der Waals surface area (Å²) in [6.07, 6.45) is 2.38. The van der Waals surface area contributed by atoms with Crippen molar-refractivity contribution in [1.29, 1.82) is 0 Å². The van der Waals surface area contributed by atoms with Crippen LogP contribution in [0, 0.1) is 6.92 Å². The summed E-state index contributed by atoms with van der Waals surface area (Å²) in [6.45, 7) is 3.53.